The molecule has 0 aliphatic heterocycles. The molecule has 1 aliphatic rings. The number of hydrogen-bond donors (Lipinski definition) is 0. The molecule has 0 heterocycles. The van der Waals surface area contributed by atoms with Crippen LogP contribution in [0.15, 0.2) is 24.3 Å². The van der Waals surface area contributed by atoms with E-state index < -0.39 is 11.8 Å². The van der Waals surface area contributed by atoms with E-state index in [9.17, 15) is 9.59 Å². The van der Waals surface area contributed by atoms with Crippen LogP contribution < -0.4 is 4.74 Å². The highest BCUT2D eigenvalue weighted by Crippen LogP contribution is 2.55. The van der Waals surface area contributed by atoms with Crippen molar-refractivity contribution < 1.29 is 23.8 Å². The SMILES string of the molecule is COC(=O)[C@@H]1C(c2ccc(OC)cc2)[C@@H]1C(=O)OC. The van der Waals surface area contributed by atoms with Crippen LogP contribution in [0.25, 0.3) is 0 Å². The third-order valence-corrected chi connectivity index (χ3v) is 3.47. The van der Waals surface area contributed by atoms with E-state index in [1.165, 1.54) is 14.2 Å². The fraction of sp³-hybridized carbons (Fsp3) is 0.429. The van der Waals surface area contributed by atoms with E-state index in [0.717, 1.165) is 11.3 Å². The molecule has 1 fully saturated rings. The van der Waals surface area contributed by atoms with Crippen molar-refractivity contribution in [1.29, 1.82) is 0 Å². The van der Waals surface area contributed by atoms with Crippen LogP contribution in [0, 0.1) is 11.8 Å². The van der Waals surface area contributed by atoms with Gasteiger partial charge in [0.15, 0.2) is 0 Å². The Hall–Kier alpha value is -2.04. The highest BCUT2D eigenvalue weighted by atomic mass is 16.5. The number of benzene rings is 1. The fourth-order valence-electron chi connectivity index (χ4n) is 2.41. The van der Waals surface area contributed by atoms with Crippen LogP contribution in [0.2, 0.25) is 0 Å². The van der Waals surface area contributed by atoms with Gasteiger partial charge in [0.05, 0.1) is 33.2 Å². The highest BCUT2D eigenvalue weighted by molar-refractivity contribution is 5.90. The van der Waals surface area contributed by atoms with Crippen LogP contribution in [-0.2, 0) is 19.1 Å². The Morgan fingerprint density at radius 3 is 1.74 bits per heavy atom. The third-order valence-electron chi connectivity index (χ3n) is 3.47. The van der Waals surface area contributed by atoms with E-state index in [1.54, 1.807) is 19.2 Å². The van der Waals surface area contributed by atoms with Crippen molar-refractivity contribution >= 4 is 11.9 Å². The monoisotopic (exact) mass is 264 g/mol. The van der Waals surface area contributed by atoms with E-state index in [-0.39, 0.29) is 17.9 Å². The van der Waals surface area contributed by atoms with Gasteiger partial charge in [0.1, 0.15) is 5.75 Å². The van der Waals surface area contributed by atoms with Crippen molar-refractivity contribution in [2.45, 2.75) is 5.92 Å². The molecule has 0 amide bonds. The van der Waals surface area contributed by atoms with Crippen LogP contribution in [0.3, 0.4) is 0 Å². The minimum Gasteiger partial charge on any atom is -0.497 e. The molecule has 0 bridgehead atoms. The molecule has 0 saturated heterocycles. The maximum atomic E-state index is 11.7. The first-order valence-electron chi connectivity index (χ1n) is 5.93. The largest absolute Gasteiger partial charge is 0.497 e. The predicted molar refractivity (Wildman–Crippen MR) is 66.7 cm³/mol. The molecule has 5 nitrogen and oxygen atoms in total. The molecule has 1 aromatic rings. The molecule has 102 valence electrons. The van der Waals surface area contributed by atoms with Gasteiger partial charge in [-0.15, -0.1) is 0 Å². The van der Waals surface area contributed by atoms with Gasteiger partial charge in [0.2, 0.25) is 0 Å². The van der Waals surface area contributed by atoms with Crippen molar-refractivity contribution in [1.82, 2.24) is 0 Å². The molecule has 1 unspecified atom stereocenters. The maximum Gasteiger partial charge on any atom is 0.310 e. The smallest absolute Gasteiger partial charge is 0.310 e. The minimum atomic E-state index is -0.453. The quantitative estimate of drug-likeness (QED) is 0.769. The predicted octanol–water partition coefficient (Wildman–Crippen LogP) is 1.37. The summed E-state index contributed by atoms with van der Waals surface area (Å²) in [6.07, 6.45) is 0. The summed E-state index contributed by atoms with van der Waals surface area (Å²) in [5, 5.41) is 0. The number of rotatable bonds is 4. The van der Waals surface area contributed by atoms with E-state index in [1.807, 2.05) is 12.1 Å². The normalized spacial score (nSPS) is 24.5. The second-order valence-corrected chi connectivity index (χ2v) is 4.40. The first kappa shape index (κ1) is 13.4. The molecule has 2 rings (SSSR count). The summed E-state index contributed by atoms with van der Waals surface area (Å²) in [5.41, 5.74) is 0.909. The molecular formula is C14H16O5. The summed E-state index contributed by atoms with van der Waals surface area (Å²) in [6, 6.07) is 7.30. The summed E-state index contributed by atoms with van der Waals surface area (Å²) in [5.74, 6) is -1.11. The van der Waals surface area contributed by atoms with Gasteiger partial charge in [-0.25, -0.2) is 0 Å². The summed E-state index contributed by atoms with van der Waals surface area (Å²) >= 11 is 0. The van der Waals surface area contributed by atoms with Crippen LogP contribution in [0.4, 0.5) is 0 Å². The lowest BCUT2D eigenvalue weighted by atomic mass is 10.1. The van der Waals surface area contributed by atoms with Gasteiger partial charge in [0.25, 0.3) is 0 Å². The maximum absolute atomic E-state index is 11.7. The first-order valence-corrected chi connectivity index (χ1v) is 5.93. The highest BCUT2D eigenvalue weighted by Gasteiger charge is 2.61. The molecule has 1 aliphatic carbocycles. The molecule has 1 saturated carbocycles. The topological polar surface area (TPSA) is 61.8 Å². The van der Waals surface area contributed by atoms with Crippen molar-refractivity contribution in [3.63, 3.8) is 0 Å². The lowest BCUT2D eigenvalue weighted by molar-refractivity contribution is -0.148. The van der Waals surface area contributed by atoms with E-state index >= 15 is 0 Å². The fourth-order valence-corrected chi connectivity index (χ4v) is 2.41. The molecule has 0 spiro atoms. The van der Waals surface area contributed by atoms with Gasteiger partial charge in [-0.2, -0.15) is 0 Å². The lowest BCUT2D eigenvalue weighted by Gasteiger charge is -2.02. The van der Waals surface area contributed by atoms with Crippen molar-refractivity contribution in [2.75, 3.05) is 21.3 Å². The van der Waals surface area contributed by atoms with E-state index in [2.05, 4.69) is 0 Å². The van der Waals surface area contributed by atoms with Crippen molar-refractivity contribution in [3.8, 4) is 5.75 Å². The van der Waals surface area contributed by atoms with Gasteiger partial charge in [-0.1, -0.05) is 12.1 Å². The van der Waals surface area contributed by atoms with Crippen LogP contribution >= 0.6 is 0 Å². The molecule has 5 heteroatoms. The van der Waals surface area contributed by atoms with E-state index in [0.29, 0.717) is 0 Å². The Kier molecular flexibility index (Phi) is 3.74. The van der Waals surface area contributed by atoms with Crippen molar-refractivity contribution in [2.24, 2.45) is 11.8 Å². The number of ether oxygens (including phenoxy) is 3. The zero-order chi connectivity index (χ0) is 14.0. The van der Waals surface area contributed by atoms with Crippen LogP contribution in [0.1, 0.15) is 11.5 Å². The van der Waals surface area contributed by atoms with Gasteiger partial charge >= 0.3 is 11.9 Å². The van der Waals surface area contributed by atoms with Crippen LogP contribution in [-0.4, -0.2) is 33.3 Å². The van der Waals surface area contributed by atoms with Crippen molar-refractivity contribution in [3.05, 3.63) is 29.8 Å². The van der Waals surface area contributed by atoms with Gasteiger partial charge in [0, 0.05) is 5.92 Å². The number of carbonyl (C=O) groups excluding carboxylic acids is 2. The summed E-state index contributed by atoms with van der Waals surface area (Å²) in [7, 11) is 4.22. The summed E-state index contributed by atoms with van der Waals surface area (Å²) < 4.78 is 14.5. The average Bonchev–Trinajstić information content (AvgIpc) is 3.21. The second-order valence-electron chi connectivity index (χ2n) is 4.40. The lowest BCUT2D eigenvalue weighted by Crippen LogP contribution is -2.10. The first-order chi connectivity index (χ1) is 9.13. The molecule has 3 atom stereocenters. The minimum absolute atomic E-state index is 0.175. The third kappa shape index (κ3) is 2.41. The van der Waals surface area contributed by atoms with E-state index in [4.69, 9.17) is 14.2 Å². The standard InChI is InChI=1S/C14H16O5/c1-17-9-6-4-8(5-7-9)10-11(13(15)18-2)12(10)14(16)19-3/h4-7,10-12H,1-3H3/t10?,11-,12+. The zero-order valence-electron chi connectivity index (χ0n) is 11.1. The molecule has 0 N–H and O–H groups in total. The molecule has 0 aromatic heterocycles. The Morgan fingerprint density at radius 2 is 1.37 bits per heavy atom. The van der Waals surface area contributed by atoms with Gasteiger partial charge in [-0.05, 0) is 17.7 Å². The molecule has 1 aromatic carbocycles. The van der Waals surface area contributed by atoms with Gasteiger partial charge in [-0.3, -0.25) is 9.59 Å². The molecular weight excluding hydrogens is 248 g/mol. The average molecular weight is 264 g/mol. The number of carbonyl (C=O) groups is 2. The summed E-state index contributed by atoms with van der Waals surface area (Å²) in [6.45, 7) is 0. The Balaban J connectivity index is 2.21. The van der Waals surface area contributed by atoms with Gasteiger partial charge < -0.3 is 14.2 Å². The summed E-state index contributed by atoms with van der Waals surface area (Å²) in [4.78, 5) is 23.3. The number of hydrogen-bond acceptors (Lipinski definition) is 5. The van der Waals surface area contributed by atoms with Crippen LogP contribution in [0.5, 0.6) is 5.75 Å². The molecule has 0 radical (unpaired) electrons. The second kappa shape index (κ2) is 5.30. The zero-order valence-corrected chi connectivity index (χ0v) is 11.1. The Morgan fingerprint density at radius 1 is 0.895 bits per heavy atom. The number of methoxy groups -OCH3 is 3. The number of esters is 2. The molecule has 19 heavy (non-hydrogen) atoms. The Bertz CT molecular complexity index is 457. The Labute approximate surface area is 111 Å².